The molecule has 4 nitrogen and oxygen atoms in total. The first-order chi connectivity index (χ1) is 11.4. The maximum Gasteiger partial charge on any atom is 0.349 e. The van der Waals surface area contributed by atoms with Crippen molar-refractivity contribution in [3.05, 3.63) is 50.7 Å². The highest BCUT2D eigenvalue weighted by atomic mass is 32.1. The van der Waals surface area contributed by atoms with Crippen molar-refractivity contribution < 1.29 is 14.3 Å². The smallest absolute Gasteiger partial charge is 0.349 e. The fourth-order valence-electron chi connectivity index (χ4n) is 2.89. The minimum atomic E-state index is -0.838. The van der Waals surface area contributed by atoms with Crippen LogP contribution in [-0.2, 0) is 22.4 Å². The van der Waals surface area contributed by atoms with Gasteiger partial charge in [0.1, 0.15) is 4.88 Å². The molecule has 24 heavy (non-hydrogen) atoms. The van der Waals surface area contributed by atoms with E-state index in [-0.39, 0.29) is 5.91 Å². The summed E-state index contributed by atoms with van der Waals surface area (Å²) in [6, 6.07) is 7.71. The summed E-state index contributed by atoms with van der Waals surface area (Å²) in [5, 5.41) is 2.82. The van der Waals surface area contributed by atoms with Gasteiger partial charge >= 0.3 is 5.97 Å². The van der Waals surface area contributed by atoms with Gasteiger partial charge in [0.05, 0.1) is 0 Å². The fourth-order valence-corrected chi connectivity index (χ4v) is 4.03. The first-order valence-corrected chi connectivity index (χ1v) is 8.96. The lowest BCUT2D eigenvalue weighted by Gasteiger charge is -2.14. The lowest BCUT2D eigenvalue weighted by atomic mass is 10.1. The van der Waals surface area contributed by atoms with E-state index in [4.69, 9.17) is 4.74 Å². The zero-order valence-electron chi connectivity index (χ0n) is 14.1. The van der Waals surface area contributed by atoms with E-state index in [9.17, 15) is 9.59 Å². The number of fused-ring (bicyclic) bond motifs is 1. The Hall–Kier alpha value is -2.14. The summed E-state index contributed by atoms with van der Waals surface area (Å²) >= 11 is 1.49. The van der Waals surface area contributed by atoms with E-state index in [0.717, 1.165) is 36.1 Å². The molecule has 2 aromatic rings. The monoisotopic (exact) mass is 343 g/mol. The molecule has 1 aliphatic rings. The van der Waals surface area contributed by atoms with E-state index in [2.05, 4.69) is 5.32 Å². The molecule has 5 heteroatoms. The Morgan fingerprint density at radius 2 is 2.00 bits per heavy atom. The molecule has 0 saturated heterocycles. The lowest BCUT2D eigenvalue weighted by Crippen LogP contribution is -2.30. The number of nitrogens with one attached hydrogen (secondary N) is 1. The second kappa shape index (κ2) is 6.77. The predicted octanol–water partition coefficient (Wildman–Crippen LogP) is 4.04. The second-order valence-electron chi connectivity index (χ2n) is 6.27. The molecule has 0 unspecified atom stereocenters. The number of thiophene rings is 1. The molecule has 1 atom stereocenters. The predicted molar refractivity (Wildman–Crippen MR) is 95.8 cm³/mol. The van der Waals surface area contributed by atoms with Crippen LogP contribution in [0.1, 0.15) is 44.6 Å². The molecule has 126 valence electrons. The van der Waals surface area contributed by atoms with Crippen LogP contribution in [0.5, 0.6) is 0 Å². The van der Waals surface area contributed by atoms with Gasteiger partial charge in [-0.05, 0) is 63.3 Å². The summed E-state index contributed by atoms with van der Waals surface area (Å²) in [5.74, 6) is -0.739. The standard InChI is InChI=1S/C19H21NO3S/c1-11-7-8-15(12(2)9-11)20-18(21)13(3)23-19(22)17-10-14-5-4-6-16(14)24-17/h7-10,13H,4-6H2,1-3H3,(H,20,21)/t13-/m1/s1. The highest BCUT2D eigenvalue weighted by Crippen LogP contribution is 2.31. The number of esters is 1. The lowest BCUT2D eigenvalue weighted by molar-refractivity contribution is -0.123. The van der Waals surface area contributed by atoms with Crippen LogP contribution in [0, 0.1) is 13.8 Å². The first kappa shape index (κ1) is 16.7. The van der Waals surface area contributed by atoms with Gasteiger partial charge in [-0.2, -0.15) is 0 Å². The average molecular weight is 343 g/mol. The number of benzene rings is 1. The van der Waals surface area contributed by atoms with Crippen molar-refractivity contribution in [3.8, 4) is 0 Å². The third kappa shape index (κ3) is 3.51. The van der Waals surface area contributed by atoms with Gasteiger partial charge in [-0.1, -0.05) is 17.7 Å². The molecule has 0 radical (unpaired) electrons. The maximum absolute atomic E-state index is 12.3. The summed E-state index contributed by atoms with van der Waals surface area (Å²) in [4.78, 5) is 26.4. The van der Waals surface area contributed by atoms with Gasteiger partial charge in [0.25, 0.3) is 5.91 Å². The number of rotatable bonds is 4. The molecule has 1 amide bonds. The van der Waals surface area contributed by atoms with Crippen LogP contribution < -0.4 is 5.32 Å². The largest absolute Gasteiger partial charge is 0.448 e. The number of ether oxygens (including phenoxy) is 1. The zero-order valence-corrected chi connectivity index (χ0v) is 15.0. The molecule has 1 N–H and O–H groups in total. The highest BCUT2D eigenvalue weighted by Gasteiger charge is 2.23. The first-order valence-electron chi connectivity index (χ1n) is 8.14. The van der Waals surface area contributed by atoms with E-state index >= 15 is 0 Å². The molecule has 1 aliphatic carbocycles. The Morgan fingerprint density at radius 1 is 1.21 bits per heavy atom. The Balaban J connectivity index is 1.61. The van der Waals surface area contributed by atoms with E-state index in [1.165, 1.54) is 21.8 Å². The second-order valence-corrected chi connectivity index (χ2v) is 7.40. The van der Waals surface area contributed by atoms with E-state index in [0.29, 0.717) is 4.88 Å². The van der Waals surface area contributed by atoms with E-state index in [1.54, 1.807) is 6.92 Å². The van der Waals surface area contributed by atoms with Crippen molar-refractivity contribution in [3.63, 3.8) is 0 Å². The average Bonchev–Trinajstić information content (AvgIpc) is 3.11. The number of hydrogen-bond acceptors (Lipinski definition) is 4. The van der Waals surface area contributed by atoms with E-state index in [1.807, 2.05) is 38.1 Å². The zero-order chi connectivity index (χ0) is 17.3. The molecular weight excluding hydrogens is 322 g/mol. The van der Waals surface area contributed by atoms with Crippen LogP contribution in [0.4, 0.5) is 5.69 Å². The molecule has 1 aromatic heterocycles. The summed E-state index contributed by atoms with van der Waals surface area (Å²) < 4.78 is 5.33. The van der Waals surface area contributed by atoms with Gasteiger partial charge in [-0.15, -0.1) is 11.3 Å². The van der Waals surface area contributed by atoms with Crippen LogP contribution in [0.2, 0.25) is 0 Å². The SMILES string of the molecule is Cc1ccc(NC(=O)[C@@H](C)OC(=O)c2cc3c(s2)CCC3)c(C)c1. The van der Waals surface area contributed by atoms with Crippen molar-refractivity contribution >= 4 is 28.9 Å². The van der Waals surface area contributed by atoms with Gasteiger partial charge in [0.15, 0.2) is 6.10 Å². The molecule has 0 saturated carbocycles. The van der Waals surface area contributed by atoms with Crippen LogP contribution in [0.3, 0.4) is 0 Å². The van der Waals surface area contributed by atoms with Gasteiger partial charge in [-0.3, -0.25) is 4.79 Å². The normalized spacial score (nSPS) is 14.1. The third-order valence-corrected chi connectivity index (χ3v) is 5.46. The fraction of sp³-hybridized carbons (Fsp3) is 0.368. The summed E-state index contributed by atoms with van der Waals surface area (Å²) in [6.07, 6.45) is 2.39. The van der Waals surface area contributed by atoms with Crippen LogP contribution >= 0.6 is 11.3 Å². The summed E-state index contributed by atoms with van der Waals surface area (Å²) in [6.45, 7) is 5.53. The van der Waals surface area contributed by atoms with Gasteiger partial charge < -0.3 is 10.1 Å². The van der Waals surface area contributed by atoms with Crippen molar-refractivity contribution in [1.29, 1.82) is 0 Å². The van der Waals surface area contributed by atoms with Gasteiger partial charge in [-0.25, -0.2) is 4.79 Å². The quantitative estimate of drug-likeness (QED) is 0.853. The number of amides is 1. The molecule has 0 bridgehead atoms. The maximum atomic E-state index is 12.3. The van der Waals surface area contributed by atoms with Crippen molar-refractivity contribution in [2.45, 2.75) is 46.1 Å². The number of anilines is 1. The Labute approximate surface area is 145 Å². The minimum Gasteiger partial charge on any atom is -0.448 e. The molecule has 0 spiro atoms. The van der Waals surface area contributed by atoms with Gasteiger partial charge in [0.2, 0.25) is 0 Å². The van der Waals surface area contributed by atoms with Crippen molar-refractivity contribution in [1.82, 2.24) is 0 Å². The van der Waals surface area contributed by atoms with Crippen LogP contribution in [0.15, 0.2) is 24.3 Å². The molecular formula is C19H21NO3S. The molecule has 1 aromatic carbocycles. The molecule has 0 fully saturated rings. The molecule has 3 rings (SSSR count). The number of aryl methyl sites for hydroxylation is 4. The summed E-state index contributed by atoms with van der Waals surface area (Å²) in [5.41, 5.74) is 4.11. The van der Waals surface area contributed by atoms with Crippen molar-refractivity contribution in [2.75, 3.05) is 5.32 Å². The molecule has 1 heterocycles. The minimum absolute atomic E-state index is 0.320. The Bertz CT molecular complexity index is 772. The molecule has 0 aliphatic heterocycles. The highest BCUT2D eigenvalue weighted by molar-refractivity contribution is 7.14. The van der Waals surface area contributed by atoms with E-state index < -0.39 is 12.1 Å². The van der Waals surface area contributed by atoms with Gasteiger partial charge in [0, 0.05) is 10.6 Å². The van der Waals surface area contributed by atoms with Crippen molar-refractivity contribution in [2.24, 2.45) is 0 Å². The van der Waals surface area contributed by atoms with Crippen LogP contribution in [-0.4, -0.2) is 18.0 Å². The number of carbonyl (C=O) groups excluding carboxylic acids is 2. The Morgan fingerprint density at radius 3 is 2.71 bits per heavy atom. The number of hydrogen-bond donors (Lipinski definition) is 1. The van der Waals surface area contributed by atoms with Crippen LogP contribution in [0.25, 0.3) is 0 Å². The topological polar surface area (TPSA) is 55.4 Å². The third-order valence-electron chi connectivity index (χ3n) is 4.24. The Kier molecular flexibility index (Phi) is 4.71. The number of carbonyl (C=O) groups is 2. The summed E-state index contributed by atoms with van der Waals surface area (Å²) in [7, 11) is 0.